The summed E-state index contributed by atoms with van der Waals surface area (Å²) < 4.78 is 0. The third kappa shape index (κ3) is 3.93. The van der Waals surface area contributed by atoms with E-state index in [4.69, 9.17) is 5.73 Å². The number of carbonyl (C=O) groups is 1. The van der Waals surface area contributed by atoms with E-state index in [-0.39, 0.29) is 11.4 Å². The third-order valence-electron chi connectivity index (χ3n) is 4.75. The first-order chi connectivity index (χ1) is 8.99. The lowest BCUT2D eigenvalue weighted by Gasteiger charge is -2.46. The first kappa shape index (κ1) is 16.4. The van der Waals surface area contributed by atoms with Crippen LogP contribution in [0.2, 0.25) is 0 Å². The van der Waals surface area contributed by atoms with Crippen LogP contribution in [0.25, 0.3) is 0 Å². The molecule has 0 spiro atoms. The van der Waals surface area contributed by atoms with E-state index in [1.165, 1.54) is 12.8 Å². The molecule has 1 saturated carbocycles. The Balaban J connectivity index is 2.68. The minimum atomic E-state index is 0.0283. The van der Waals surface area contributed by atoms with Gasteiger partial charge < -0.3 is 10.6 Å². The Labute approximate surface area is 118 Å². The van der Waals surface area contributed by atoms with Gasteiger partial charge in [0.05, 0.1) is 6.54 Å². The number of amides is 1. The van der Waals surface area contributed by atoms with E-state index in [1.54, 1.807) is 0 Å². The molecule has 0 bridgehead atoms. The molecule has 0 aromatic carbocycles. The minimum absolute atomic E-state index is 0.0283. The van der Waals surface area contributed by atoms with Crippen molar-refractivity contribution in [3.8, 4) is 0 Å². The molecule has 112 valence electrons. The molecule has 19 heavy (non-hydrogen) atoms. The highest BCUT2D eigenvalue weighted by Gasteiger charge is 2.38. The second kappa shape index (κ2) is 7.25. The highest BCUT2D eigenvalue weighted by Crippen LogP contribution is 2.35. The van der Waals surface area contributed by atoms with Crippen molar-refractivity contribution in [2.24, 2.45) is 11.7 Å². The molecule has 4 heteroatoms. The lowest BCUT2D eigenvalue weighted by molar-refractivity contribution is -0.133. The van der Waals surface area contributed by atoms with Gasteiger partial charge in [-0.15, -0.1) is 0 Å². The van der Waals surface area contributed by atoms with Crippen molar-refractivity contribution in [3.05, 3.63) is 0 Å². The molecular weight excluding hydrogens is 238 g/mol. The van der Waals surface area contributed by atoms with Gasteiger partial charge >= 0.3 is 0 Å². The maximum absolute atomic E-state index is 12.2. The number of nitrogens with zero attached hydrogens (tertiary/aromatic N) is 2. The standard InChI is InChI=1S/C15H31N3O/c1-5-18(6-2)14(19)11-17(4)15(12-16)9-7-8-13(3)10-15/h13H,5-12,16H2,1-4H3. The predicted octanol–water partition coefficient (Wildman–Crippen LogP) is 1.69. The summed E-state index contributed by atoms with van der Waals surface area (Å²) in [4.78, 5) is 16.3. The van der Waals surface area contributed by atoms with Crippen LogP contribution in [-0.2, 0) is 4.79 Å². The number of hydrogen-bond donors (Lipinski definition) is 1. The lowest BCUT2D eigenvalue weighted by atomic mass is 9.75. The van der Waals surface area contributed by atoms with Gasteiger partial charge in [0.15, 0.2) is 0 Å². The van der Waals surface area contributed by atoms with E-state index in [0.29, 0.717) is 19.0 Å². The van der Waals surface area contributed by atoms with Gasteiger partial charge in [-0.05, 0) is 39.7 Å². The molecule has 2 unspecified atom stereocenters. The monoisotopic (exact) mass is 269 g/mol. The van der Waals surface area contributed by atoms with Crippen LogP contribution >= 0.6 is 0 Å². The van der Waals surface area contributed by atoms with E-state index in [9.17, 15) is 4.79 Å². The Morgan fingerprint density at radius 1 is 1.37 bits per heavy atom. The Kier molecular flexibility index (Phi) is 6.27. The van der Waals surface area contributed by atoms with Crippen molar-refractivity contribution in [1.29, 1.82) is 0 Å². The van der Waals surface area contributed by atoms with Crippen molar-refractivity contribution in [2.75, 3.05) is 33.2 Å². The SMILES string of the molecule is CCN(CC)C(=O)CN(C)C1(CN)CCCC(C)C1. The fourth-order valence-corrected chi connectivity index (χ4v) is 3.37. The number of likely N-dealkylation sites (N-methyl/N-ethyl adjacent to an activating group) is 2. The fraction of sp³-hybridized carbons (Fsp3) is 0.933. The first-order valence-corrected chi connectivity index (χ1v) is 7.68. The molecule has 0 radical (unpaired) electrons. The van der Waals surface area contributed by atoms with Gasteiger partial charge in [0, 0.05) is 25.2 Å². The summed E-state index contributed by atoms with van der Waals surface area (Å²) in [5.74, 6) is 0.932. The van der Waals surface area contributed by atoms with Gasteiger partial charge in [0.25, 0.3) is 0 Å². The highest BCUT2D eigenvalue weighted by atomic mass is 16.2. The fourth-order valence-electron chi connectivity index (χ4n) is 3.37. The molecule has 1 aliphatic rings. The van der Waals surface area contributed by atoms with Crippen molar-refractivity contribution >= 4 is 5.91 Å². The van der Waals surface area contributed by atoms with Gasteiger partial charge in [-0.3, -0.25) is 9.69 Å². The summed E-state index contributed by atoms with van der Waals surface area (Å²) in [5, 5.41) is 0. The quantitative estimate of drug-likeness (QED) is 0.798. The van der Waals surface area contributed by atoms with E-state index < -0.39 is 0 Å². The summed E-state index contributed by atoms with van der Waals surface area (Å²) in [7, 11) is 2.06. The normalized spacial score (nSPS) is 27.6. The molecule has 0 aliphatic heterocycles. The average molecular weight is 269 g/mol. The van der Waals surface area contributed by atoms with Gasteiger partial charge in [-0.2, -0.15) is 0 Å². The molecule has 2 N–H and O–H groups in total. The molecule has 4 nitrogen and oxygen atoms in total. The van der Waals surface area contributed by atoms with Crippen LogP contribution < -0.4 is 5.73 Å². The van der Waals surface area contributed by atoms with Gasteiger partial charge in [-0.25, -0.2) is 0 Å². The summed E-state index contributed by atoms with van der Waals surface area (Å²) in [5.41, 5.74) is 6.08. The van der Waals surface area contributed by atoms with Gasteiger partial charge in [0.1, 0.15) is 0 Å². The van der Waals surface area contributed by atoms with Crippen LogP contribution in [0.3, 0.4) is 0 Å². The zero-order valence-corrected chi connectivity index (χ0v) is 13.1. The van der Waals surface area contributed by atoms with Crippen LogP contribution in [0.4, 0.5) is 0 Å². The third-order valence-corrected chi connectivity index (χ3v) is 4.75. The smallest absolute Gasteiger partial charge is 0.236 e. The van der Waals surface area contributed by atoms with Crippen LogP contribution in [-0.4, -0.2) is 54.5 Å². The zero-order chi connectivity index (χ0) is 14.5. The maximum atomic E-state index is 12.2. The number of hydrogen-bond acceptors (Lipinski definition) is 3. The van der Waals surface area contributed by atoms with E-state index in [2.05, 4.69) is 18.9 Å². The van der Waals surface area contributed by atoms with Crippen LogP contribution in [0.1, 0.15) is 46.5 Å². The number of nitrogens with two attached hydrogens (primary N) is 1. The van der Waals surface area contributed by atoms with E-state index in [0.717, 1.165) is 25.9 Å². The van der Waals surface area contributed by atoms with Crippen LogP contribution in [0, 0.1) is 5.92 Å². The van der Waals surface area contributed by atoms with Crippen molar-refractivity contribution in [1.82, 2.24) is 9.80 Å². The molecule has 0 heterocycles. The number of rotatable bonds is 6. The van der Waals surface area contributed by atoms with Crippen LogP contribution in [0.5, 0.6) is 0 Å². The molecule has 0 aromatic rings. The summed E-state index contributed by atoms with van der Waals surface area (Å²) >= 11 is 0. The van der Waals surface area contributed by atoms with E-state index in [1.807, 2.05) is 18.7 Å². The molecular formula is C15H31N3O. The van der Waals surface area contributed by atoms with Crippen molar-refractivity contribution in [2.45, 2.75) is 52.0 Å². The molecule has 1 fully saturated rings. The Hall–Kier alpha value is -0.610. The highest BCUT2D eigenvalue weighted by molar-refractivity contribution is 5.78. The molecule has 2 atom stereocenters. The molecule has 1 aliphatic carbocycles. The average Bonchev–Trinajstić information content (AvgIpc) is 2.39. The Morgan fingerprint density at radius 3 is 2.47 bits per heavy atom. The van der Waals surface area contributed by atoms with Gasteiger partial charge in [-0.1, -0.05) is 19.8 Å². The predicted molar refractivity (Wildman–Crippen MR) is 80.0 cm³/mol. The van der Waals surface area contributed by atoms with E-state index >= 15 is 0 Å². The summed E-state index contributed by atoms with van der Waals surface area (Å²) in [6.45, 7) is 9.07. The molecule has 1 rings (SSSR count). The first-order valence-electron chi connectivity index (χ1n) is 7.68. The largest absolute Gasteiger partial charge is 0.342 e. The molecule has 0 saturated heterocycles. The maximum Gasteiger partial charge on any atom is 0.236 e. The lowest BCUT2D eigenvalue weighted by Crippen LogP contribution is -2.57. The second-order valence-electron chi connectivity index (χ2n) is 6.05. The van der Waals surface area contributed by atoms with Crippen LogP contribution in [0.15, 0.2) is 0 Å². The van der Waals surface area contributed by atoms with Gasteiger partial charge in [0.2, 0.25) is 5.91 Å². The van der Waals surface area contributed by atoms with Crippen molar-refractivity contribution < 1.29 is 4.79 Å². The molecule has 1 amide bonds. The minimum Gasteiger partial charge on any atom is -0.342 e. The topological polar surface area (TPSA) is 49.6 Å². The van der Waals surface area contributed by atoms with Crippen molar-refractivity contribution in [3.63, 3.8) is 0 Å². The second-order valence-corrected chi connectivity index (χ2v) is 6.05. The zero-order valence-electron chi connectivity index (χ0n) is 13.1. The Morgan fingerprint density at radius 2 is 2.00 bits per heavy atom. The molecule has 0 aromatic heterocycles. The number of carbonyl (C=O) groups excluding carboxylic acids is 1. The summed E-state index contributed by atoms with van der Waals surface area (Å²) in [6, 6.07) is 0. The Bertz CT molecular complexity index is 291. The summed E-state index contributed by atoms with van der Waals surface area (Å²) in [6.07, 6.45) is 4.75.